The monoisotopic (exact) mass is 479 g/mol. The quantitative estimate of drug-likeness (QED) is 0.423. The Balaban J connectivity index is 1.59. The van der Waals surface area contributed by atoms with Crippen LogP contribution >= 0.6 is 0 Å². The number of aromatic nitrogens is 3. The van der Waals surface area contributed by atoms with E-state index in [1.807, 2.05) is 19.1 Å². The molecule has 1 aliphatic heterocycles. The van der Waals surface area contributed by atoms with Crippen molar-refractivity contribution >= 4 is 23.2 Å². The molecule has 0 spiro atoms. The third-order valence-corrected chi connectivity index (χ3v) is 6.37. The van der Waals surface area contributed by atoms with E-state index in [9.17, 15) is 14.7 Å². The van der Waals surface area contributed by atoms with Gasteiger partial charge in [0.1, 0.15) is 5.82 Å². The van der Waals surface area contributed by atoms with Crippen molar-refractivity contribution in [2.24, 2.45) is 5.92 Å². The van der Waals surface area contributed by atoms with Crippen molar-refractivity contribution in [1.82, 2.24) is 19.9 Å². The first-order valence-electron chi connectivity index (χ1n) is 12.0. The summed E-state index contributed by atoms with van der Waals surface area (Å²) in [7, 11) is 0. The summed E-state index contributed by atoms with van der Waals surface area (Å²) < 4.78 is 1.77. The van der Waals surface area contributed by atoms with Gasteiger partial charge in [0, 0.05) is 37.3 Å². The van der Waals surface area contributed by atoms with E-state index < -0.39 is 5.60 Å². The molecule has 3 aromatic rings. The minimum Gasteiger partial charge on any atom is -0.395 e. The van der Waals surface area contributed by atoms with Gasteiger partial charge < -0.3 is 20.4 Å². The SMILES string of the molecule is Cc1cc2nc(CC(=O)c3ccc(C(C)(C)O)cc3)cc(N3CCCC(C(=O)NCCO)C3)n2n1. The normalized spacial score (nSPS) is 16.5. The van der Waals surface area contributed by atoms with Crippen LogP contribution in [0.1, 0.15) is 54.0 Å². The van der Waals surface area contributed by atoms with Gasteiger partial charge in [0.2, 0.25) is 5.91 Å². The second kappa shape index (κ2) is 10.1. The Bertz CT molecular complexity index is 1210. The highest BCUT2D eigenvalue weighted by atomic mass is 16.3. The highest BCUT2D eigenvalue weighted by molar-refractivity contribution is 5.97. The van der Waals surface area contributed by atoms with Gasteiger partial charge in [-0.3, -0.25) is 9.59 Å². The van der Waals surface area contributed by atoms with Gasteiger partial charge in [-0.2, -0.15) is 9.61 Å². The van der Waals surface area contributed by atoms with Crippen LogP contribution in [0, 0.1) is 12.8 Å². The lowest BCUT2D eigenvalue weighted by molar-refractivity contribution is -0.125. The number of carbonyl (C=O) groups is 2. The van der Waals surface area contributed by atoms with Crippen LogP contribution in [0.4, 0.5) is 5.82 Å². The molecule has 0 saturated carbocycles. The molecule has 4 rings (SSSR count). The summed E-state index contributed by atoms with van der Waals surface area (Å²) >= 11 is 0. The summed E-state index contributed by atoms with van der Waals surface area (Å²) in [5.74, 6) is 0.499. The Morgan fingerprint density at radius 3 is 2.63 bits per heavy atom. The molecular formula is C26H33N5O4. The van der Waals surface area contributed by atoms with E-state index in [1.54, 1.807) is 42.6 Å². The highest BCUT2D eigenvalue weighted by Crippen LogP contribution is 2.26. The fraction of sp³-hybridized carbons (Fsp3) is 0.462. The molecule has 1 amide bonds. The van der Waals surface area contributed by atoms with Crippen molar-refractivity contribution in [3.05, 3.63) is 58.9 Å². The second-order valence-electron chi connectivity index (χ2n) is 9.70. The zero-order chi connectivity index (χ0) is 25.2. The number of ketones is 1. The number of carbonyl (C=O) groups excluding carboxylic acids is 2. The van der Waals surface area contributed by atoms with Crippen molar-refractivity contribution in [3.63, 3.8) is 0 Å². The summed E-state index contributed by atoms with van der Waals surface area (Å²) in [5, 5.41) is 26.5. The van der Waals surface area contributed by atoms with Gasteiger partial charge in [-0.25, -0.2) is 4.98 Å². The van der Waals surface area contributed by atoms with Gasteiger partial charge >= 0.3 is 0 Å². The molecule has 9 nitrogen and oxygen atoms in total. The number of Topliss-reactive ketones (excluding diaryl/α,β-unsaturated/α-hetero) is 1. The summed E-state index contributed by atoms with van der Waals surface area (Å²) in [6, 6.07) is 10.8. The molecule has 1 aromatic carbocycles. The van der Waals surface area contributed by atoms with Crippen molar-refractivity contribution < 1.29 is 19.8 Å². The fourth-order valence-electron chi connectivity index (χ4n) is 4.49. The number of fused-ring (bicyclic) bond motifs is 1. The summed E-state index contributed by atoms with van der Waals surface area (Å²) in [6.07, 6.45) is 1.76. The number of piperidine rings is 1. The minimum atomic E-state index is -0.968. The van der Waals surface area contributed by atoms with E-state index >= 15 is 0 Å². The van der Waals surface area contributed by atoms with Gasteiger partial charge in [0.25, 0.3) is 0 Å². The third kappa shape index (κ3) is 5.68. The third-order valence-electron chi connectivity index (χ3n) is 6.37. The molecule has 1 aliphatic rings. The van der Waals surface area contributed by atoms with Crippen molar-refractivity contribution in [1.29, 1.82) is 0 Å². The molecule has 1 saturated heterocycles. The Labute approximate surface area is 204 Å². The van der Waals surface area contributed by atoms with E-state index in [-0.39, 0.29) is 37.2 Å². The number of anilines is 1. The Morgan fingerprint density at radius 2 is 1.94 bits per heavy atom. The van der Waals surface area contributed by atoms with E-state index in [4.69, 9.17) is 5.11 Å². The summed E-state index contributed by atoms with van der Waals surface area (Å²) in [4.78, 5) is 32.3. The number of nitrogens with zero attached hydrogens (tertiary/aromatic N) is 4. The lowest BCUT2D eigenvalue weighted by Gasteiger charge is -2.33. The molecule has 2 aromatic heterocycles. The molecule has 35 heavy (non-hydrogen) atoms. The Kier molecular flexibility index (Phi) is 7.18. The number of aliphatic hydroxyl groups is 2. The van der Waals surface area contributed by atoms with Gasteiger partial charge in [-0.1, -0.05) is 24.3 Å². The predicted molar refractivity (Wildman–Crippen MR) is 132 cm³/mol. The largest absolute Gasteiger partial charge is 0.395 e. The zero-order valence-electron chi connectivity index (χ0n) is 20.5. The van der Waals surface area contributed by atoms with Crippen LogP contribution in [0.25, 0.3) is 5.65 Å². The molecule has 1 atom stereocenters. The molecule has 3 N–H and O–H groups in total. The zero-order valence-corrected chi connectivity index (χ0v) is 20.5. The second-order valence-corrected chi connectivity index (χ2v) is 9.70. The lowest BCUT2D eigenvalue weighted by atomic mass is 9.96. The standard InChI is InChI=1S/C26H33N5O4/c1-17-13-23-28-21(14-22(33)18-6-8-20(9-7-18)26(2,3)35)15-24(31(23)29-17)30-11-4-5-19(16-30)25(34)27-10-12-32/h6-9,13,15,19,32,35H,4-5,10-12,14,16H2,1-3H3,(H,27,34). The maximum atomic E-state index is 13.0. The van der Waals surface area contributed by atoms with Crippen LogP contribution < -0.4 is 10.2 Å². The number of amides is 1. The summed E-state index contributed by atoms with van der Waals surface area (Å²) in [6.45, 7) is 6.77. The first-order chi connectivity index (χ1) is 16.7. The first kappa shape index (κ1) is 24.8. The fourth-order valence-corrected chi connectivity index (χ4v) is 4.49. The Hall–Kier alpha value is -3.30. The van der Waals surface area contributed by atoms with Crippen LogP contribution in [0.5, 0.6) is 0 Å². The van der Waals surface area contributed by atoms with Crippen molar-refractivity contribution in [2.45, 2.75) is 45.6 Å². The molecule has 1 fully saturated rings. The van der Waals surface area contributed by atoms with Crippen LogP contribution in [-0.4, -0.2) is 62.7 Å². The van der Waals surface area contributed by atoms with Crippen molar-refractivity contribution in [2.75, 3.05) is 31.1 Å². The number of aryl methyl sites for hydroxylation is 1. The number of rotatable bonds is 8. The number of aliphatic hydroxyl groups excluding tert-OH is 1. The molecule has 1 unspecified atom stereocenters. The topological polar surface area (TPSA) is 120 Å². The van der Waals surface area contributed by atoms with Gasteiger partial charge in [0.05, 0.1) is 35.9 Å². The van der Waals surface area contributed by atoms with Crippen LogP contribution in [0.15, 0.2) is 36.4 Å². The molecular weight excluding hydrogens is 446 g/mol. The average molecular weight is 480 g/mol. The number of hydrogen-bond donors (Lipinski definition) is 3. The van der Waals surface area contributed by atoms with Crippen LogP contribution in [-0.2, 0) is 16.8 Å². The first-order valence-corrected chi connectivity index (χ1v) is 12.0. The van der Waals surface area contributed by atoms with Crippen LogP contribution in [0.3, 0.4) is 0 Å². The van der Waals surface area contributed by atoms with Crippen molar-refractivity contribution in [3.8, 4) is 0 Å². The van der Waals surface area contributed by atoms with Gasteiger partial charge in [0.15, 0.2) is 11.4 Å². The van der Waals surface area contributed by atoms with E-state index in [0.29, 0.717) is 23.4 Å². The molecule has 9 heteroatoms. The number of hydrogen-bond acceptors (Lipinski definition) is 7. The van der Waals surface area contributed by atoms with E-state index in [1.165, 1.54) is 0 Å². The van der Waals surface area contributed by atoms with Gasteiger partial charge in [-0.05, 0) is 39.2 Å². The maximum absolute atomic E-state index is 13.0. The van der Waals surface area contributed by atoms with Crippen LogP contribution in [0.2, 0.25) is 0 Å². The molecule has 3 heterocycles. The maximum Gasteiger partial charge on any atom is 0.224 e. The molecule has 186 valence electrons. The average Bonchev–Trinajstić information content (AvgIpc) is 3.21. The summed E-state index contributed by atoms with van der Waals surface area (Å²) in [5.41, 5.74) is 2.45. The minimum absolute atomic E-state index is 0.0596. The molecule has 0 radical (unpaired) electrons. The predicted octanol–water partition coefficient (Wildman–Crippen LogP) is 2.02. The molecule has 0 bridgehead atoms. The molecule has 0 aliphatic carbocycles. The lowest BCUT2D eigenvalue weighted by Crippen LogP contribution is -2.44. The van der Waals surface area contributed by atoms with E-state index in [2.05, 4.69) is 20.3 Å². The van der Waals surface area contributed by atoms with Gasteiger partial charge in [-0.15, -0.1) is 0 Å². The van der Waals surface area contributed by atoms with E-state index in [0.717, 1.165) is 36.5 Å². The number of benzene rings is 1. The highest BCUT2D eigenvalue weighted by Gasteiger charge is 2.28. The smallest absolute Gasteiger partial charge is 0.224 e. The number of nitrogens with one attached hydrogen (secondary N) is 1. The Morgan fingerprint density at radius 1 is 1.20 bits per heavy atom.